The van der Waals surface area contributed by atoms with Crippen LogP contribution in [0.3, 0.4) is 0 Å². The Morgan fingerprint density at radius 1 is 0.797 bits per heavy atom. The first-order valence-electron chi connectivity index (χ1n) is 24.4. The molecule has 0 unspecified atom stereocenters. The number of sulfone groups is 1. The highest BCUT2D eigenvalue weighted by atomic mass is 35.5. The van der Waals surface area contributed by atoms with Crippen molar-refractivity contribution in [2.24, 2.45) is 5.92 Å². The van der Waals surface area contributed by atoms with Crippen LogP contribution in [0.2, 0.25) is 5.02 Å². The van der Waals surface area contributed by atoms with Crippen LogP contribution < -0.4 is 19.8 Å². The normalized spacial score (nSPS) is 15.6. The fourth-order valence-electron chi connectivity index (χ4n) is 9.82. The SMILES string of the molecule is Cc1c(C(=O)O)c(-c2cccc(N3CCN(c4ccc(NS(=O)(=O)c5ccc(N[C@H](CCN6CCC(CO)CC6)CSc6ccccc6)c(S(=O)(=O)C(F)(F)F)c5)cc4)CC3)c2)c(-c2ccc(Cl)cc2)n1C(C)C. The number of nitrogens with zero attached hydrogens (tertiary/aromatic N) is 4. The highest BCUT2D eigenvalue weighted by molar-refractivity contribution is 7.99. The first-order valence-corrected chi connectivity index (χ1v) is 28.8. The molecule has 2 fully saturated rings. The van der Waals surface area contributed by atoms with E-state index in [1.54, 1.807) is 24.3 Å². The predicted octanol–water partition coefficient (Wildman–Crippen LogP) is 11.2. The van der Waals surface area contributed by atoms with Crippen molar-refractivity contribution in [3.8, 4) is 22.4 Å². The van der Waals surface area contributed by atoms with Crippen molar-refractivity contribution in [3.63, 3.8) is 0 Å². The molecule has 6 aromatic rings. The van der Waals surface area contributed by atoms with E-state index >= 15 is 0 Å². The second-order valence-electron chi connectivity index (χ2n) is 19.0. The topological polar surface area (TPSA) is 165 Å². The number of alkyl halides is 3. The number of aliphatic hydroxyl groups is 1. The third kappa shape index (κ3) is 12.3. The number of aromatic carboxylic acids is 1. The average Bonchev–Trinajstić information content (AvgIpc) is 3.71. The largest absolute Gasteiger partial charge is 0.501 e. The third-order valence-electron chi connectivity index (χ3n) is 13.7. The van der Waals surface area contributed by atoms with Crippen molar-refractivity contribution in [1.29, 1.82) is 0 Å². The van der Waals surface area contributed by atoms with Crippen LogP contribution in [-0.2, 0) is 19.9 Å². The molecule has 394 valence electrons. The van der Waals surface area contributed by atoms with Crippen LogP contribution in [0.1, 0.15) is 55.2 Å². The van der Waals surface area contributed by atoms with Gasteiger partial charge in [0.15, 0.2) is 0 Å². The molecular weight excluding hydrogens is 1030 g/mol. The van der Waals surface area contributed by atoms with Crippen LogP contribution in [-0.4, -0.2) is 112 Å². The van der Waals surface area contributed by atoms with Crippen molar-refractivity contribution >= 4 is 71.9 Å². The van der Waals surface area contributed by atoms with Gasteiger partial charge in [-0.15, -0.1) is 11.8 Å². The number of anilines is 4. The maximum Gasteiger partial charge on any atom is 0.501 e. The van der Waals surface area contributed by atoms with E-state index in [0.29, 0.717) is 67.2 Å². The number of rotatable bonds is 19. The molecule has 74 heavy (non-hydrogen) atoms. The first kappa shape index (κ1) is 54.6. The van der Waals surface area contributed by atoms with Crippen LogP contribution >= 0.6 is 23.4 Å². The molecule has 0 bridgehead atoms. The number of carbonyl (C=O) groups is 1. The minimum atomic E-state index is -6.03. The summed E-state index contributed by atoms with van der Waals surface area (Å²) in [6, 6.07) is 33.4. The number of piperazine rings is 1. The quantitative estimate of drug-likeness (QED) is 0.0569. The molecule has 1 atom stereocenters. The second-order valence-corrected chi connectivity index (χ2v) is 24.1. The Balaban J connectivity index is 0.966. The van der Waals surface area contributed by atoms with E-state index in [1.165, 1.54) is 23.9 Å². The smallest absolute Gasteiger partial charge is 0.478 e. The molecule has 0 amide bonds. The summed E-state index contributed by atoms with van der Waals surface area (Å²) in [4.78, 5) is 18.5. The molecule has 13 nitrogen and oxygen atoms in total. The summed E-state index contributed by atoms with van der Waals surface area (Å²) in [7, 11) is -10.6. The fraction of sp³-hybridized carbons (Fsp3) is 0.352. The van der Waals surface area contributed by atoms with Gasteiger partial charge >= 0.3 is 11.5 Å². The summed E-state index contributed by atoms with van der Waals surface area (Å²) < 4.78 is 101. The number of benzene rings is 5. The Morgan fingerprint density at radius 2 is 1.45 bits per heavy atom. The van der Waals surface area contributed by atoms with Crippen LogP contribution in [0.25, 0.3) is 22.4 Å². The minimum Gasteiger partial charge on any atom is -0.478 e. The van der Waals surface area contributed by atoms with Gasteiger partial charge in [0.05, 0.1) is 21.8 Å². The van der Waals surface area contributed by atoms with Gasteiger partial charge in [0.2, 0.25) is 0 Å². The third-order valence-corrected chi connectivity index (χ3v) is 18.1. The molecular formula is C54H60ClF3N6O7S3. The van der Waals surface area contributed by atoms with Crippen LogP contribution in [0, 0.1) is 12.8 Å². The van der Waals surface area contributed by atoms with Crippen molar-refractivity contribution in [2.75, 3.05) is 78.0 Å². The molecule has 20 heteroatoms. The number of likely N-dealkylation sites (tertiary alicyclic amines) is 1. The molecule has 5 aromatic carbocycles. The Labute approximate surface area is 440 Å². The Kier molecular flexibility index (Phi) is 17.0. The number of carboxylic acid groups (broad SMARTS) is 1. The van der Waals surface area contributed by atoms with Crippen LogP contribution in [0.5, 0.6) is 0 Å². The summed E-state index contributed by atoms with van der Waals surface area (Å²) in [5.41, 5.74) is -0.334. The molecule has 0 radical (unpaired) electrons. The number of hydrogen-bond acceptors (Lipinski definition) is 11. The van der Waals surface area contributed by atoms with E-state index in [0.717, 1.165) is 71.2 Å². The summed E-state index contributed by atoms with van der Waals surface area (Å²) in [5, 5.41) is 23.8. The predicted molar refractivity (Wildman–Crippen MR) is 289 cm³/mol. The van der Waals surface area contributed by atoms with E-state index in [4.69, 9.17) is 11.6 Å². The molecule has 4 N–H and O–H groups in total. The number of piperidine rings is 1. The van der Waals surface area contributed by atoms with Crippen LogP contribution in [0.4, 0.5) is 35.9 Å². The zero-order valence-electron chi connectivity index (χ0n) is 41.2. The molecule has 2 aliphatic rings. The van der Waals surface area contributed by atoms with E-state index in [9.17, 15) is 45.0 Å². The second kappa shape index (κ2) is 23.0. The average molecular weight is 1090 g/mol. The van der Waals surface area contributed by atoms with E-state index in [-0.39, 0.29) is 35.5 Å². The van der Waals surface area contributed by atoms with Crippen molar-refractivity contribution in [3.05, 3.63) is 138 Å². The zero-order valence-corrected chi connectivity index (χ0v) is 44.4. The van der Waals surface area contributed by atoms with Gasteiger partial charge in [-0.1, -0.05) is 54.1 Å². The monoisotopic (exact) mass is 1090 g/mol. The van der Waals surface area contributed by atoms with Gasteiger partial charge in [0.25, 0.3) is 19.9 Å². The lowest BCUT2D eigenvalue weighted by atomic mass is 9.96. The number of halogens is 4. The highest BCUT2D eigenvalue weighted by Gasteiger charge is 2.48. The number of thioether (sulfide) groups is 1. The molecule has 0 spiro atoms. The Bertz CT molecular complexity index is 3150. The highest BCUT2D eigenvalue weighted by Crippen LogP contribution is 2.43. The standard InChI is InChI=1S/C54H60ClF3N6O7S3/c1-36(2)64-37(3)50(53(66)67)51(52(64)39-12-14-41(55)15-13-39)40-8-7-9-45(32-40)63-30-28-62(29-31-63)44-18-16-42(17-19-44)60-74(70,71)47-20-21-48(49(33-47)73(68,69)54(56,57)58)59-43(35-72-46-10-5-4-6-11-46)24-27-61-25-22-38(34-65)23-26-61/h4-21,32-33,36,38,43,59-60,65H,22-31,34-35H2,1-3H3,(H,66,67)/t43-/m1/s1. The maximum atomic E-state index is 14.3. The number of nitrogens with one attached hydrogen (secondary N) is 2. The van der Waals surface area contributed by atoms with E-state index < -0.39 is 47.2 Å². The summed E-state index contributed by atoms with van der Waals surface area (Å²) in [6.07, 6.45) is 2.08. The van der Waals surface area contributed by atoms with Crippen molar-refractivity contribution < 1.29 is 45.0 Å². The maximum absolute atomic E-state index is 14.3. The summed E-state index contributed by atoms with van der Waals surface area (Å²) in [6.45, 7) is 10.5. The number of aromatic nitrogens is 1. The zero-order chi connectivity index (χ0) is 53.0. The van der Waals surface area contributed by atoms with Gasteiger partial charge in [0, 0.05) is 95.4 Å². The molecule has 1 aromatic heterocycles. The molecule has 0 aliphatic carbocycles. The molecule has 0 saturated carbocycles. The Morgan fingerprint density at radius 3 is 2.05 bits per heavy atom. The molecule has 2 saturated heterocycles. The lowest BCUT2D eigenvalue weighted by Gasteiger charge is -2.37. The van der Waals surface area contributed by atoms with Crippen molar-refractivity contribution in [1.82, 2.24) is 9.47 Å². The van der Waals surface area contributed by atoms with Crippen LogP contribution in [0.15, 0.2) is 136 Å². The molecule has 8 rings (SSSR count). The molecule has 3 heterocycles. The van der Waals surface area contributed by atoms with Gasteiger partial charge in [-0.3, -0.25) is 4.72 Å². The molecule has 2 aliphatic heterocycles. The summed E-state index contributed by atoms with van der Waals surface area (Å²) >= 11 is 7.72. The lowest BCUT2D eigenvalue weighted by molar-refractivity contribution is -0.0436. The minimum absolute atomic E-state index is 0.0309. The number of sulfonamides is 1. The van der Waals surface area contributed by atoms with Gasteiger partial charge < -0.3 is 34.8 Å². The van der Waals surface area contributed by atoms with E-state index in [2.05, 4.69) is 29.3 Å². The fourth-order valence-corrected chi connectivity index (χ4v) is 13.0. The number of carboxylic acids is 1. The Hall–Kier alpha value is -5.70. The van der Waals surface area contributed by atoms with Gasteiger partial charge in [-0.2, -0.15) is 13.2 Å². The van der Waals surface area contributed by atoms with E-state index in [1.807, 2.05) is 87.5 Å². The first-order chi connectivity index (χ1) is 35.2. The van der Waals surface area contributed by atoms with Gasteiger partial charge in [0.1, 0.15) is 4.90 Å². The summed E-state index contributed by atoms with van der Waals surface area (Å²) in [5.74, 6) is -0.426. The number of aliphatic hydroxyl groups excluding tert-OH is 1. The number of hydrogen-bond donors (Lipinski definition) is 4. The van der Waals surface area contributed by atoms with Crippen molar-refractivity contribution in [2.45, 2.75) is 72.3 Å². The lowest BCUT2D eigenvalue weighted by Crippen LogP contribution is -2.46. The van der Waals surface area contributed by atoms with Gasteiger partial charge in [-0.05, 0) is 149 Å². The van der Waals surface area contributed by atoms with Gasteiger partial charge in [-0.25, -0.2) is 21.6 Å².